The third-order valence-electron chi connectivity index (χ3n) is 5.29. The van der Waals surface area contributed by atoms with E-state index in [1.54, 1.807) is 7.11 Å². The van der Waals surface area contributed by atoms with Crippen LogP contribution in [0.4, 0.5) is 0 Å². The summed E-state index contributed by atoms with van der Waals surface area (Å²) in [6.45, 7) is 6.90. The van der Waals surface area contributed by atoms with Crippen LogP contribution in [0.25, 0.3) is 5.69 Å². The Hall–Kier alpha value is -1.77. The molecule has 1 aromatic carbocycles. The van der Waals surface area contributed by atoms with Gasteiger partial charge in [0, 0.05) is 11.3 Å². The standard InChI is InChI=1S/C17H20N2O/c1-10-15-13(9-11-16(15)17(11,2)3)19(18-10)12-7-5-6-8-14(12)20-4/h5-8,11,16H,9H2,1-4H3/t11-,16-/m1/s1. The zero-order chi connectivity index (χ0) is 14.1. The van der Waals surface area contributed by atoms with Crippen molar-refractivity contribution in [1.29, 1.82) is 0 Å². The first-order valence-corrected chi connectivity index (χ1v) is 7.27. The van der Waals surface area contributed by atoms with Crippen LogP contribution in [0.3, 0.4) is 0 Å². The molecular weight excluding hydrogens is 248 g/mol. The van der Waals surface area contributed by atoms with Crippen LogP contribution in [0.1, 0.15) is 36.7 Å². The third-order valence-corrected chi connectivity index (χ3v) is 5.29. The number of para-hydroxylation sites is 2. The molecule has 0 aliphatic heterocycles. The molecule has 0 N–H and O–H groups in total. The highest BCUT2D eigenvalue weighted by atomic mass is 16.5. The minimum Gasteiger partial charge on any atom is -0.494 e. The van der Waals surface area contributed by atoms with Gasteiger partial charge in [-0.1, -0.05) is 26.0 Å². The summed E-state index contributed by atoms with van der Waals surface area (Å²) < 4.78 is 7.59. The number of fused-ring (bicyclic) bond motifs is 3. The summed E-state index contributed by atoms with van der Waals surface area (Å²) in [6, 6.07) is 8.12. The number of hydrogen-bond donors (Lipinski definition) is 0. The Labute approximate surface area is 119 Å². The molecule has 0 amide bonds. The molecule has 3 heteroatoms. The van der Waals surface area contributed by atoms with Crippen molar-refractivity contribution in [1.82, 2.24) is 9.78 Å². The second-order valence-electron chi connectivity index (χ2n) is 6.64. The monoisotopic (exact) mass is 268 g/mol. The van der Waals surface area contributed by atoms with E-state index in [1.807, 2.05) is 18.2 Å². The third kappa shape index (κ3) is 1.33. The lowest BCUT2D eigenvalue weighted by molar-refractivity contribution is 0.411. The maximum atomic E-state index is 5.49. The van der Waals surface area contributed by atoms with Crippen LogP contribution in [0, 0.1) is 18.3 Å². The van der Waals surface area contributed by atoms with Crippen LogP contribution < -0.4 is 4.74 Å². The molecule has 2 aliphatic rings. The minimum absolute atomic E-state index is 0.465. The summed E-state index contributed by atoms with van der Waals surface area (Å²) in [7, 11) is 1.72. The van der Waals surface area contributed by atoms with E-state index in [2.05, 4.69) is 31.5 Å². The van der Waals surface area contributed by atoms with Crippen LogP contribution >= 0.6 is 0 Å². The van der Waals surface area contributed by atoms with Crippen molar-refractivity contribution in [2.75, 3.05) is 7.11 Å². The Kier molecular flexibility index (Phi) is 2.20. The number of aromatic nitrogens is 2. The number of hydrogen-bond acceptors (Lipinski definition) is 2. The molecule has 0 radical (unpaired) electrons. The fraction of sp³-hybridized carbons (Fsp3) is 0.471. The van der Waals surface area contributed by atoms with Gasteiger partial charge < -0.3 is 4.74 Å². The van der Waals surface area contributed by atoms with Gasteiger partial charge in [0.25, 0.3) is 0 Å². The Bertz CT molecular complexity index is 699. The molecular formula is C17H20N2O. The van der Waals surface area contributed by atoms with Gasteiger partial charge in [-0.2, -0.15) is 5.10 Å². The van der Waals surface area contributed by atoms with Gasteiger partial charge in [-0.25, -0.2) is 4.68 Å². The Morgan fingerprint density at radius 1 is 1.30 bits per heavy atom. The smallest absolute Gasteiger partial charge is 0.144 e. The van der Waals surface area contributed by atoms with Crippen molar-refractivity contribution >= 4 is 0 Å². The minimum atomic E-state index is 0.465. The molecule has 0 bridgehead atoms. The molecule has 20 heavy (non-hydrogen) atoms. The molecule has 1 heterocycles. The van der Waals surface area contributed by atoms with E-state index in [-0.39, 0.29) is 0 Å². The molecule has 104 valence electrons. The van der Waals surface area contributed by atoms with Gasteiger partial charge in [-0.3, -0.25) is 0 Å². The molecule has 0 unspecified atom stereocenters. The maximum absolute atomic E-state index is 5.49. The Morgan fingerprint density at radius 2 is 2.05 bits per heavy atom. The van der Waals surface area contributed by atoms with Gasteiger partial charge in [0.15, 0.2) is 0 Å². The van der Waals surface area contributed by atoms with Crippen LogP contribution in [0.2, 0.25) is 0 Å². The van der Waals surface area contributed by atoms with Crippen LogP contribution in [-0.2, 0) is 6.42 Å². The van der Waals surface area contributed by atoms with Crippen molar-refractivity contribution in [3.8, 4) is 11.4 Å². The average molecular weight is 268 g/mol. The van der Waals surface area contributed by atoms with Crippen molar-refractivity contribution in [2.45, 2.75) is 33.1 Å². The first-order chi connectivity index (χ1) is 9.55. The summed E-state index contributed by atoms with van der Waals surface area (Å²) in [5.74, 6) is 2.40. The number of nitrogens with zero attached hydrogens (tertiary/aromatic N) is 2. The zero-order valence-corrected chi connectivity index (χ0v) is 12.5. The zero-order valence-electron chi connectivity index (χ0n) is 12.5. The van der Waals surface area contributed by atoms with Gasteiger partial charge in [0.05, 0.1) is 12.8 Å². The predicted octanol–water partition coefficient (Wildman–Crippen LogP) is 3.49. The summed E-state index contributed by atoms with van der Waals surface area (Å²) in [4.78, 5) is 0. The summed E-state index contributed by atoms with van der Waals surface area (Å²) in [6.07, 6.45) is 1.14. The van der Waals surface area contributed by atoms with Gasteiger partial charge in [-0.15, -0.1) is 0 Å². The van der Waals surface area contributed by atoms with Gasteiger partial charge >= 0.3 is 0 Å². The maximum Gasteiger partial charge on any atom is 0.144 e. The van der Waals surface area contributed by atoms with Gasteiger partial charge in [0.2, 0.25) is 0 Å². The first kappa shape index (κ1) is 12.0. The van der Waals surface area contributed by atoms with Crippen molar-refractivity contribution in [2.24, 2.45) is 11.3 Å². The average Bonchev–Trinajstić information content (AvgIpc) is 2.81. The van der Waals surface area contributed by atoms with E-state index in [4.69, 9.17) is 9.84 Å². The Balaban J connectivity index is 1.87. The molecule has 0 saturated heterocycles. The number of rotatable bonds is 2. The first-order valence-electron chi connectivity index (χ1n) is 7.27. The SMILES string of the molecule is COc1ccccc1-n1nc(C)c2c1C[C@@H]1[C@H]2C1(C)C. The van der Waals surface area contributed by atoms with Gasteiger partial charge in [-0.05, 0) is 42.7 Å². The molecule has 1 aromatic heterocycles. The van der Waals surface area contributed by atoms with Crippen molar-refractivity contribution < 1.29 is 4.74 Å². The molecule has 0 spiro atoms. The number of benzene rings is 1. The molecule has 1 saturated carbocycles. The second kappa shape index (κ2) is 3.66. The van der Waals surface area contributed by atoms with Crippen molar-refractivity contribution in [3.05, 3.63) is 41.2 Å². The number of ether oxygens (including phenoxy) is 1. The number of methoxy groups -OCH3 is 1. The number of aryl methyl sites for hydroxylation is 1. The normalized spacial score (nSPS) is 25.2. The topological polar surface area (TPSA) is 27.1 Å². The van der Waals surface area contributed by atoms with Crippen LogP contribution in [0.15, 0.2) is 24.3 Å². The van der Waals surface area contributed by atoms with E-state index >= 15 is 0 Å². The summed E-state index contributed by atoms with van der Waals surface area (Å²) >= 11 is 0. The largest absolute Gasteiger partial charge is 0.494 e. The molecule has 3 nitrogen and oxygen atoms in total. The fourth-order valence-corrected chi connectivity index (χ4v) is 4.10. The molecule has 1 fully saturated rings. The van der Waals surface area contributed by atoms with Crippen LogP contribution in [0.5, 0.6) is 5.75 Å². The van der Waals surface area contributed by atoms with E-state index in [9.17, 15) is 0 Å². The highest BCUT2D eigenvalue weighted by molar-refractivity contribution is 5.53. The van der Waals surface area contributed by atoms with Crippen LogP contribution in [-0.4, -0.2) is 16.9 Å². The second-order valence-corrected chi connectivity index (χ2v) is 6.64. The van der Waals surface area contributed by atoms with Crippen molar-refractivity contribution in [3.63, 3.8) is 0 Å². The molecule has 2 atom stereocenters. The quantitative estimate of drug-likeness (QED) is 0.833. The van der Waals surface area contributed by atoms with E-state index in [0.717, 1.165) is 23.8 Å². The lowest BCUT2D eigenvalue weighted by Crippen LogP contribution is -2.07. The highest BCUT2D eigenvalue weighted by Crippen LogP contribution is 2.70. The van der Waals surface area contributed by atoms with Gasteiger partial charge in [0.1, 0.15) is 11.4 Å². The predicted molar refractivity (Wildman–Crippen MR) is 78.6 cm³/mol. The highest BCUT2D eigenvalue weighted by Gasteiger charge is 2.63. The lowest BCUT2D eigenvalue weighted by Gasteiger charge is -2.13. The molecule has 4 rings (SSSR count). The van der Waals surface area contributed by atoms with E-state index in [1.165, 1.54) is 17.0 Å². The fourth-order valence-electron chi connectivity index (χ4n) is 4.10. The Morgan fingerprint density at radius 3 is 2.80 bits per heavy atom. The summed E-state index contributed by atoms with van der Waals surface area (Å²) in [5, 5.41) is 4.79. The molecule has 2 aromatic rings. The van der Waals surface area contributed by atoms with E-state index < -0.39 is 0 Å². The van der Waals surface area contributed by atoms with E-state index in [0.29, 0.717) is 11.3 Å². The summed E-state index contributed by atoms with van der Waals surface area (Å²) in [5.41, 5.74) is 5.58. The lowest BCUT2D eigenvalue weighted by atomic mass is 9.98. The molecule has 2 aliphatic carbocycles.